The Bertz CT molecular complexity index is 262. The van der Waals surface area contributed by atoms with Gasteiger partial charge < -0.3 is 10.2 Å². The molecule has 0 amide bonds. The molecular weight excluding hydrogens is 158 g/mol. The second kappa shape index (κ2) is 2.30. The third-order valence-corrected chi connectivity index (χ3v) is 3.59. The summed E-state index contributed by atoms with van der Waals surface area (Å²) in [7, 11) is -1.50. The molecule has 0 atom stereocenters. The van der Waals surface area contributed by atoms with E-state index in [1.54, 1.807) is 6.07 Å². The zero-order valence-corrected chi connectivity index (χ0v) is 7.97. The molecule has 0 aliphatic rings. The number of aromatic hydroxyl groups is 2. The molecule has 1 aromatic rings. The van der Waals surface area contributed by atoms with Gasteiger partial charge in [-0.1, -0.05) is 19.6 Å². The van der Waals surface area contributed by atoms with Gasteiger partial charge in [0.25, 0.3) is 0 Å². The zero-order chi connectivity index (χ0) is 8.65. The molecule has 62 valence electrons. The van der Waals surface area contributed by atoms with Crippen LogP contribution in [0.4, 0.5) is 0 Å². The fraction of sp³-hybridized carbons (Fsp3) is 0.429. The Morgan fingerprint density at radius 1 is 1.27 bits per heavy atom. The Balaban J connectivity index is 3.13. The van der Waals surface area contributed by atoms with E-state index < -0.39 is 8.07 Å². The lowest BCUT2D eigenvalue weighted by atomic mass is 10.6. The van der Waals surface area contributed by atoms with Crippen molar-refractivity contribution in [3.63, 3.8) is 0 Å². The lowest BCUT2D eigenvalue weighted by molar-refractivity contribution is 0.426. The number of aromatic amines is 1. The molecule has 1 aromatic heterocycles. The summed E-state index contributed by atoms with van der Waals surface area (Å²) in [6.45, 7) is 6.32. The molecule has 0 saturated heterocycles. The molecule has 3 nitrogen and oxygen atoms in total. The van der Waals surface area contributed by atoms with Crippen LogP contribution in [-0.2, 0) is 0 Å². The van der Waals surface area contributed by atoms with E-state index in [1.165, 1.54) is 0 Å². The second-order valence-electron chi connectivity index (χ2n) is 3.67. The zero-order valence-electron chi connectivity index (χ0n) is 6.97. The third kappa shape index (κ3) is 1.57. The number of aromatic nitrogens is 1. The molecule has 0 saturated carbocycles. The second-order valence-corrected chi connectivity index (χ2v) is 8.71. The minimum Gasteiger partial charge on any atom is -0.495 e. The summed E-state index contributed by atoms with van der Waals surface area (Å²) < 4.78 is 0. The maximum atomic E-state index is 9.29. The predicted molar refractivity (Wildman–Crippen MR) is 47.1 cm³/mol. The minimum absolute atomic E-state index is 0.0416. The standard InChI is InChI=1S/C7H13NO2Si/c1-11(2,3)5-4-6(9)8-7(5)10/h4,8-10H,1-3H3. The van der Waals surface area contributed by atoms with Crippen LogP contribution in [0.15, 0.2) is 6.07 Å². The first-order chi connectivity index (χ1) is 4.91. The smallest absolute Gasteiger partial charge is 0.191 e. The van der Waals surface area contributed by atoms with Crippen molar-refractivity contribution in [3.8, 4) is 11.8 Å². The lowest BCUT2D eigenvalue weighted by Crippen LogP contribution is -2.36. The SMILES string of the molecule is C[Si](C)(C)c1cc(O)[nH]c1O. The molecule has 0 spiro atoms. The van der Waals surface area contributed by atoms with Gasteiger partial charge in [0.15, 0.2) is 11.8 Å². The fourth-order valence-electron chi connectivity index (χ4n) is 1.00. The normalized spacial score (nSPS) is 11.9. The van der Waals surface area contributed by atoms with Crippen LogP contribution in [0.1, 0.15) is 0 Å². The van der Waals surface area contributed by atoms with E-state index >= 15 is 0 Å². The maximum Gasteiger partial charge on any atom is 0.191 e. The van der Waals surface area contributed by atoms with E-state index in [9.17, 15) is 5.11 Å². The highest BCUT2D eigenvalue weighted by atomic mass is 28.3. The number of hydrogen-bond donors (Lipinski definition) is 3. The quantitative estimate of drug-likeness (QED) is 0.551. The molecule has 11 heavy (non-hydrogen) atoms. The summed E-state index contributed by atoms with van der Waals surface area (Å²) >= 11 is 0. The Morgan fingerprint density at radius 3 is 2.00 bits per heavy atom. The molecule has 0 aromatic carbocycles. The Kier molecular flexibility index (Phi) is 1.71. The maximum absolute atomic E-state index is 9.29. The van der Waals surface area contributed by atoms with Gasteiger partial charge in [0, 0.05) is 11.3 Å². The summed E-state index contributed by atoms with van der Waals surface area (Å²) in [4.78, 5) is 2.46. The topological polar surface area (TPSA) is 56.2 Å². The highest BCUT2D eigenvalue weighted by molar-refractivity contribution is 6.89. The predicted octanol–water partition coefficient (Wildman–Crippen LogP) is 0.971. The number of nitrogens with one attached hydrogen (secondary N) is 1. The molecule has 0 fully saturated rings. The molecule has 0 bridgehead atoms. The minimum atomic E-state index is -1.50. The first-order valence-electron chi connectivity index (χ1n) is 3.52. The van der Waals surface area contributed by atoms with Gasteiger partial charge in [-0.2, -0.15) is 0 Å². The Hall–Kier alpha value is -0.903. The van der Waals surface area contributed by atoms with Gasteiger partial charge in [-0.05, 0) is 0 Å². The summed E-state index contributed by atoms with van der Waals surface area (Å²) in [5.41, 5.74) is 0. The highest BCUT2D eigenvalue weighted by Crippen LogP contribution is 2.16. The van der Waals surface area contributed by atoms with Crippen LogP contribution < -0.4 is 5.19 Å². The van der Waals surface area contributed by atoms with Crippen molar-refractivity contribution in [2.24, 2.45) is 0 Å². The molecule has 0 unspecified atom stereocenters. The van der Waals surface area contributed by atoms with Gasteiger partial charge in [-0.15, -0.1) is 0 Å². The van der Waals surface area contributed by atoms with Gasteiger partial charge in [-0.25, -0.2) is 0 Å². The van der Waals surface area contributed by atoms with Crippen molar-refractivity contribution in [1.82, 2.24) is 4.98 Å². The van der Waals surface area contributed by atoms with Gasteiger partial charge in [0.1, 0.15) is 0 Å². The van der Waals surface area contributed by atoms with Gasteiger partial charge in [0.05, 0.1) is 8.07 Å². The van der Waals surface area contributed by atoms with Gasteiger partial charge in [0.2, 0.25) is 0 Å². The molecule has 0 aliphatic heterocycles. The monoisotopic (exact) mass is 171 g/mol. The van der Waals surface area contributed by atoms with Crippen molar-refractivity contribution >= 4 is 13.3 Å². The van der Waals surface area contributed by atoms with Gasteiger partial charge >= 0.3 is 0 Å². The number of H-pyrrole nitrogens is 1. The van der Waals surface area contributed by atoms with E-state index in [-0.39, 0.29) is 11.8 Å². The van der Waals surface area contributed by atoms with Gasteiger partial charge in [-0.3, -0.25) is 4.98 Å². The summed E-state index contributed by atoms with van der Waals surface area (Å²) in [5.74, 6) is 0.154. The van der Waals surface area contributed by atoms with Crippen LogP contribution in [0.5, 0.6) is 11.8 Å². The van der Waals surface area contributed by atoms with E-state index in [0.717, 1.165) is 5.19 Å². The van der Waals surface area contributed by atoms with Crippen LogP contribution in [0.3, 0.4) is 0 Å². The first-order valence-corrected chi connectivity index (χ1v) is 7.02. The fourth-order valence-corrected chi connectivity index (χ4v) is 2.34. The van der Waals surface area contributed by atoms with Crippen molar-refractivity contribution in [3.05, 3.63) is 6.07 Å². The average Bonchev–Trinajstić information content (AvgIpc) is 2.08. The molecule has 0 aliphatic carbocycles. The van der Waals surface area contributed by atoms with E-state index in [4.69, 9.17) is 5.11 Å². The summed E-state index contributed by atoms with van der Waals surface area (Å²) in [6.07, 6.45) is 0. The summed E-state index contributed by atoms with van der Waals surface area (Å²) in [5, 5.41) is 19.2. The van der Waals surface area contributed by atoms with Crippen molar-refractivity contribution in [2.75, 3.05) is 0 Å². The molecule has 1 rings (SSSR count). The largest absolute Gasteiger partial charge is 0.495 e. The van der Waals surface area contributed by atoms with Crippen molar-refractivity contribution in [2.45, 2.75) is 19.6 Å². The van der Waals surface area contributed by atoms with Crippen LogP contribution in [0, 0.1) is 0 Å². The Morgan fingerprint density at radius 2 is 1.82 bits per heavy atom. The Labute approximate surface area is 66.7 Å². The number of hydrogen-bond acceptors (Lipinski definition) is 2. The van der Waals surface area contributed by atoms with Crippen molar-refractivity contribution < 1.29 is 10.2 Å². The third-order valence-electron chi connectivity index (χ3n) is 1.59. The molecule has 4 heteroatoms. The van der Waals surface area contributed by atoms with Crippen LogP contribution >= 0.6 is 0 Å². The highest BCUT2D eigenvalue weighted by Gasteiger charge is 2.22. The van der Waals surface area contributed by atoms with E-state index in [0.29, 0.717) is 0 Å². The first kappa shape index (κ1) is 8.20. The van der Waals surface area contributed by atoms with Crippen LogP contribution in [0.25, 0.3) is 0 Å². The molecule has 0 radical (unpaired) electrons. The average molecular weight is 171 g/mol. The number of rotatable bonds is 1. The van der Waals surface area contributed by atoms with Crippen LogP contribution in [0.2, 0.25) is 19.6 Å². The van der Waals surface area contributed by atoms with E-state index in [1.807, 2.05) is 0 Å². The summed E-state index contributed by atoms with van der Waals surface area (Å²) in [6, 6.07) is 1.60. The van der Waals surface area contributed by atoms with Crippen LogP contribution in [-0.4, -0.2) is 23.3 Å². The lowest BCUT2D eigenvalue weighted by Gasteiger charge is -2.13. The van der Waals surface area contributed by atoms with Crippen molar-refractivity contribution in [1.29, 1.82) is 0 Å². The molecular formula is C7H13NO2Si. The molecule has 3 N–H and O–H groups in total. The molecule has 1 heterocycles. The van der Waals surface area contributed by atoms with E-state index in [2.05, 4.69) is 24.6 Å².